The van der Waals surface area contributed by atoms with Crippen molar-refractivity contribution in [3.05, 3.63) is 52.4 Å². The first kappa shape index (κ1) is 19.5. The standard InChI is InChI=1S/C20H23BrN2O4/c1-20(19(25)22-12-14-4-6-15(26-2)7-5-14)10-3-11-23(13-20)18(24)16-8-9-17(21)27-16/h4-9H,3,10-13H2,1-2H3,(H,22,25)/t20-/m1/s1. The van der Waals surface area contributed by atoms with Crippen LogP contribution in [0.3, 0.4) is 0 Å². The SMILES string of the molecule is COc1ccc(CNC(=O)[C@]2(C)CCCN(C(=O)c3ccc(Br)o3)C2)cc1. The summed E-state index contributed by atoms with van der Waals surface area (Å²) in [5.41, 5.74) is 0.376. The first-order chi connectivity index (χ1) is 12.9. The third kappa shape index (κ3) is 4.53. The van der Waals surface area contributed by atoms with E-state index in [1.54, 1.807) is 24.1 Å². The maximum absolute atomic E-state index is 12.8. The highest BCUT2D eigenvalue weighted by atomic mass is 79.9. The lowest BCUT2D eigenvalue weighted by Crippen LogP contribution is -2.51. The fraction of sp³-hybridized carbons (Fsp3) is 0.400. The van der Waals surface area contributed by atoms with Crippen molar-refractivity contribution in [2.75, 3.05) is 20.2 Å². The molecule has 1 aliphatic heterocycles. The fourth-order valence-electron chi connectivity index (χ4n) is 3.32. The Kier molecular flexibility index (Phi) is 5.89. The lowest BCUT2D eigenvalue weighted by molar-refractivity contribution is -0.132. The molecule has 1 aromatic heterocycles. The Balaban J connectivity index is 1.61. The third-order valence-corrected chi connectivity index (χ3v) is 5.35. The Labute approximate surface area is 167 Å². The topological polar surface area (TPSA) is 71.8 Å². The molecule has 1 aromatic carbocycles. The van der Waals surface area contributed by atoms with Gasteiger partial charge in [-0.15, -0.1) is 0 Å². The van der Waals surface area contributed by atoms with Crippen LogP contribution < -0.4 is 10.1 Å². The molecule has 3 rings (SSSR count). The van der Waals surface area contributed by atoms with Crippen LogP contribution in [0.1, 0.15) is 35.9 Å². The van der Waals surface area contributed by atoms with Crippen molar-refractivity contribution in [3.8, 4) is 5.75 Å². The molecular formula is C20H23BrN2O4. The van der Waals surface area contributed by atoms with E-state index in [-0.39, 0.29) is 17.6 Å². The molecule has 27 heavy (non-hydrogen) atoms. The van der Waals surface area contributed by atoms with Gasteiger partial charge in [0, 0.05) is 19.6 Å². The summed E-state index contributed by atoms with van der Waals surface area (Å²) in [7, 11) is 1.62. The van der Waals surface area contributed by atoms with Gasteiger partial charge in [-0.25, -0.2) is 0 Å². The molecule has 0 aliphatic carbocycles. The second kappa shape index (κ2) is 8.17. The molecule has 0 unspecified atom stereocenters. The quantitative estimate of drug-likeness (QED) is 0.779. The lowest BCUT2D eigenvalue weighted by atomic mass is 9.80. The summed E-state index contributed by atoms with van der Waals surface area (Å²) < 4.78 is 11.0. The number of likely N-dealkylation sites (tertiary alicyclic amines) is 1. The first-order valence-electron chi connectivity index (χ1n) is 8.87. The Hall–Kier alpha value is -2.28. The van der Waals surface area contributed by atoms with Crippen molar-refractivity contribution in [3.63, 3.8) is 0 Å². The number of benzene rings is 1. The van der Waals surface area contributed by atoms with Gasteiger partial charge >= 0.3 is 0 Å². The predicted molar refractivity (Wildman–Crippen MR) is 104 cm³/mol. The zero-order chi connectivity index (χ0) is 19.4. The van der Waals surface area contributed by atoms with Gasteiger partial charge in [-0.2, -0.15) is 0 Å². The van der Waals surface area contributed by atoms with E-state index in [1.807, 2.05) is 31.2 Å². The molecule has 0 spiro atoms. The molecule has 0 bridgehead atoms. The van der Waals surface area contributed by atoms with Crippen molar-refractivity contribution in [2.45, 2.75) is 26.3 Å². The minimum atomic E-state index is -0.621. The van der Waals surface area contributed by atoms with Crippen molar-refractivity contribution in [1.82, 2.24) is 10.2 Å². The molecule has 2 heterocycles. The van der Waals surface area contributed by atoms with E-state index in [9.17, 15) is 9.59 Å². The number of nitrogens with one attached hydrogen (secondary N) is 1. The summed E-state index contributed by atoms with van der Waals surface area (Å²) in [6, 6.07) is 10.9. The zero-order valence-electron chi connectivity index (χ0n) is 15.5. The van der Waals surface area contributed by atoms with Crippen LogP contribution in [0.5, 0.6) is 5.75 Å². The van der Waals surface area contributed by atoms with Gasteiger partial charge in [0.15, 0.2) is 10.4 Å². The van der Waals surface area contributed by atoms with Crippen molar-refractivity contribution >= 4 is 27.7 Å². The smallest absolute Gasteiger partial charge is 0.289 e. The molecule has 0 radical (unpaired) electrons. The number of carbonyl (C=O) groups is 2. The van der Waals surface area contributed by atoms with Crippen LogP contribution in [-0.2, 0) is 11.3 Å². The van der Waals surface area contributed by atoms with Crippen LogP contribution in [0.4, 0.5) is 0 Å². The largest absolute Gasteiger partial charge is 0.497 e. The summed E-state index contributed by atoms with van der Waals surface area (Å²) in [4.78, 5) is 27.1. The molecule has 1 atom stereocenters. The van der Waals surface area contributed by atoms with Crippen LogP contribution in [0.25, 0.3) is 0 Å². The number of piperidine rings is 1. The van der Waals surface area contributed by atoms with Crippen LogP contribution in [0, 0.1) is 5.41 Å². The minimum Gasteiger partial charge on any atom is -0.497 e. The van der Waals surface area contributed by atoms with E-state index in [0.717, 1.165) is 24.2 Å². The van der Waals surface area contributed by atoms with Gasteiger partial charge in [-0.3, -0.25) is 9.59 Å². The predicted octanol–water partition coefficient (Wildman–Crippen LogP) is 3.61. The number of ether oxygens (including phenoxy) is 1. The van der Waals surface area contributed by atoms with E-state index in [0.29, 0.717) is 24.3 Å². The minimum absolute atomic E-state index is 0.0450. The summed E-state index contributed by atoms with van der Waals surface area (Å²) >= 11 is 3.21. The molecule has 1 fully saturated rings. The van der Waals surface area contributed by atoms with Gasteiger partial charge in [-0.1, -0.05) is 12.1 Å². The normalized spacial score (nSPS) is 19.6. The molecule has 6 nitrogen and oxygen atoms in total. The van der Waals surface area contributed by atoms with E-state index >= 15 is 0 Å². The van der Waals surface area contributed by atoms with Crippen LogP contribution in [0.2, 0.25) is 0 Å². The van der Waals surface area contributed by atoms with Gasteiger partial charge in [0.05, 0.1) is 12.5 Å². The Bertz CT molecular complexity index is 818. The second-order valence-electron chi connectivity index (χ2n) is 7.03. The number of carbonyl (C=O) groups excluding carboxylic acids is 2. The summed E-state index contributed by atoms with van der Waals surface area (Å²) in [6.45, 7) is 3.35. The van der Waals surface area contributed by atoms with E-state index < -0.39 is 5.41 Å². The van der Waals surface area contributed by atoms with Gasteiger partial charge in [0.1, 0.15) is 5.75 Å². The number of rotatable bonds is 5. The second-order valence-corrected chi connectivity index (χ2v) is 7.81. The molecule has 144 valence electrons. The molecule has 7 heteroatoms. The van der Waals surface area contributed by atoms with Crippen LogP contribution >= 0.6 is 15.9 Å². The number of hydrogen-bond donors (Lipinski definition) is 1. The van der Waals surface area contributed by atoms with E-state index in [1.165, 1.54) is 0 Å². The van der Waals surface area contributed by atoms with E-state index in [4.69, 9.17) is 9.15 Å². The average molecular weight is 435 g/mol. The van der Waals surface area contributed by atoms with E-state index in [2.05, 4.69) is 21.2 Å². The third-order valence-electron chi connectivity index (χ3n) is 4.93. The summed E-state index contributed by atoms with van der Waals surface area (Å²) in [5.74, 6) is 0.832. The first-order valence-corrected chi connectivity index (χ1v) is 9.66. The molecule has 0 saturated carbocycles. The number of amides is 2. The van der Waals surface area contributed by atoms with Crippen molar-refractivity contribution < 1.29 is 18.7 Å². The van der Waals surface area contributed by atoms with Gasteiger partial charge in [0.25, 0.3) is 5.91 Å². The Morgan fingerprint density at radius 2 is 2.00 bits per heavy atom. The maximum atomic E-state index is 12.8. The van der Waals surface area contributed by atoms with Crippen molar-refractivity contribution in [1.29, 1.82) is 0 Å². The Morgan fingerprint density at radius 1 is 1.26 bits per heavy atom. The van der Waals surface area contributed by atoms with Crippen molar-refractivity contribution in [2.24, 2.45) is 5.41 Å². The average Bonchev–Trinajstić information content (AvgIpc) is 3.12. The van der Waals surface area contributed by atoms with Crippen LogP contribution in [-0.4, -0.2) is 36.9 Å². The molecule has 1 saturated heterocycles. The number of hydrogen-bond acceptors (Lipinski definition) is 4. The Morgan fingerprint density at radius 3 is 2.63 bits per heavy atom. The molecular weight excluding hydrogens is 412 g/mol. The number of halogens is 1. The molecule has 2 aromatic rings. The van der Waals surface area contributed by atoms with Gasteiger partial charge < -0.3 is 19.4 Å². The zero-order valence-corrected chi connectivity index (χ0v) is 17.0. The molecule has 1 N–H and O–H groups in total. The molecule has 2 amide bonds. The van der Waals surface area contributed by atoms with Crippen LogP contribution in [0.15, 0.2) is 45.5 Å². The van der Waals surface area contributed by atoms with Gasteiger partial charge in [-0.05, 0) is 65.5 Å². The summed E-state index contributed by atoms with van der Waals surface area (Å²) in [6.07, 6.45) is 1.52. The number of methoxy groups -OCH3 is 1. The monoisotopic (exact) mass is 434 g/mol. The number of furan rings is 1. The highest BCUT2D eigenvalue weighted by Crippen LogP contribution is 2.31. The lowest BCUT2D eigenvalue weighted by Gasteiger charge is -2.39. The molecule has 1 aliphatic rings. The fourth-order valence-corrected chi connectivity index (χ4v) is 3.63. The maximum Gasteiger partial charge on any atom is 0.289 e. The van der Waals surface area contributed by atoms with Gasteiger partial charge in [0.2, 0.25) is 5.91 Å². The highest BCUT2D eigenvalue weighted by molar-refractivity contribution is 9.10. The summed E-state index contributed by atoms with van der Waals surface area (Å²) in [5, 5.41) is 3.00. The number of nitrogens with zero attached hydrogens (tertiary/aromatic N) is 1. The highest BCUT2D eigenvalue weighted by Gasteiger charge is 2.39.